The monoisotopic (exact) mass is 207 g/mol. The largest absolute Gasteiger partial charge is 0.497 e. The molecule has 0 saturated carbocycles. The summed E-state index contributed by atoms with van der Waals surface area (Å²) in [6.07, 6.45) is 3.52. The normalized spacial score (nSPS) is 20.5. The average molecular weight is 207 g/mol. The van der Waals surface area contributed by atoms with Crippen molar-refractivity contribution in [3.05, 3.63) is 23.8 Å². The zero-order valence-electron chi connectivity index (χ0n) is 9.03. The Kier molecular flexibility index (Phi) is 3.11. The van der Waals surface area contributed by atoms with Gasteiger partial charge in [-0.25, -0.2) is 0 Å². The molecular formula is C12H17NO2. The first kappa shape index (κ1) is 10.3. The molecule has 1 aromatic carbocycles. The summed E-state index contributed by atoms with van der Waals surface area (Å²) in [5.41, 5.74) is 7.86. The van der Waals surface area contributed by atoms with Gasteiger partial charge < -0.3 is 15.2 Å². The van der Waals surface area contributed by atoms with E-state index in [0.717, 1.165) is 42.9 Å². The van der Waals surface area contributed by atoms with Crippen molar-refractivity contribution in [3.8, 4) is 5.75 Å². The molecule has 0 amide bonds. The highest BCUT2D eigenvalue weighted by Crippen LogP contribution is 2.24. The van der Waals surface area contributed by atoms with E-state index in [0.29, 0.717) is 6.10 Å². The molecule has 0 radical (unpaired) electrons. The second-order valence-corrected chi connectivity index (χ2v) is 3.90. The van der Waals surface area contributed by atoms with E-state index in [2.05, 4.69) is 0 Å². The lowest BCUT2D eigenvalue weighted by Crippen LogP contribution is -2.10. The minimum atomic E-state index is 0.333. The molecule has 2 N–H and O–H groups in total. The topological polar surface area (TPSA) is 44.5 Å². The fourth-order valence-electron chi connectivity index (χ4n) is 1.94. The van der Waals surface area contributed by atoms with Gasteiger partial charge >= 0.3 is 0 Å². The lowest BCUT2D eigenvalue weighted by Gasteiger charge is -2.12. The summed E-state index contributed by atoms with van der Waals surface area (Å²) in [5, 5.41) is 0. The highest BCUT2D eigenvalue weighted by Gasteiger charge is 2.17. The smallest absolute Gasteiger partial charge is 0.119 e. The summed E-state index contributed by atoms with van der Waals surface area (Å²) in [6.45, 7) is 0.883. The molecule has 1 aliphatic heterocycles. The van der Waals surface area contributed by atoms with Crippen molar-refractivity contribution in [2.24, 2.45) is 0 Å². The molecule has 1 atom stereocenters. The number of rotatable bonds is 3. The molecule has 15 heavy (non-hydrogen) atoms. The van der Waals surface area contributed by atoms with E-state index in [1.807, 2.05) is 18.2 Å². The summed E-state index contributed by atoms with van der Waals surface area (Å²) >= 11 is 0. The molecule has 0 aliphatic carbocycles. The molecule has 3 nitrogen and oxygen atoms in total. The van der Waals surface area contributed by atoms with E-state index >= 15 is 0 Å². The SMILES string of the molecule is COc1ccc(N)c(CC2CCCO2)c1. The molecule has 2 rings (SSSR count). The second kappa shape index (κ2) is 4.53. The third-order valence-electron chi connectivity index (χ3n) is 2.82. The zero-order valence-corrected chi connectivity index (χ0v) is 9.03. The Labute approximate surface area is 90.2 Å². The van der Waals surface area contributed by atoms with Crippen molar-refractivity contribution in [3.63, 3.8) is 0 Å². The van der Waals surface area contributed by atoms with Crippen molar-refractivity contribution < 1.29 is 9.47 Å². The molecule has 1 saturated heterocycles. The van der Waals surface area contributed by atoms with Crippen LogP contribution in [0.1, 0.15) is 18.4 Å². The molecule has 1 unspecified atom stereocenters. The fraction of sp³-hybridized carbons (Fsp3) is 0.500. The molecule has 0 spiro atoms. The minimum absolute atomic E-state index is 0.333. The molecule has 0 aromatic heterocycles. The summed E-state index contributed by atoms with van der Waals surface area (Å²) in [6, 6.07) is 5.77. The van der Waals surface area contributed by atoms with E-state index in [-0.39, 0.29) is 0 Å². The second-order valence-electron chi connectivity index (χ2n) is 3.90. The Bertz CT molecular complexity index is 332. The van der Waals surface area contributed by atoms with Gasteiger partial charge in [-0.2, -0.15) is 0 Å². The van der Waals surface area contributed by atoms with Gasteiger partial charge in [0.1, 0.15) is 5.75 Å². The molecule has 82 valence electrons. The van der Waals surface area contributed by atoms with Crippen LogP contribution in [0.2, 0.25) is 0 Å². The summed E-state index contributed by atoms with van der Waals surface area (Å²) in [5.74, 6) is 0.859. The number of nitrogen functional groups attached to an aromatic ring is 1. The molecule has 1 aromatic rings. The van der Waals surface area contributed by atoms with E-state index < -0.39 is 0 Å². The van der Waals surface area contributed by atoms with Crippen molar-refractivity contribution >= 4 is 5.69 Å². The predicted octanol–water partition coefficient (Wildman–Crippen LogP) is 2.00. The Morgan fingerprint density at radius 3 is 3.07 bits per heavy atom. The van der Waals surface area contributed by atoms with Crippen molar-refractivity contribution in [1.82, 2.24) is 0 Å². The van der Waals surface area contributed by atoms with Crippen LogP contribution in [0.3, 0.4) is 0 Å². The van der Waals surface area contributed by atoms with Gasteiger partial charge in [0, 0.05) is 18.7 Å². The van der Waals surface area contributed by atoms with Crippen molar-refractivity contribution in [2.45, 2.75) is 25.4 Å². The van der Waals surface area contributed by atoms with Gasteiger partial charge in [0.2, 0.25) is 0 Å². The Morgan fingerprint density at radius 1 is 1.53 bits per heavy atom. The number of anilines is 1. The maximum absolute atomic E-state index is 5.91. The number of benzene rings is 1. The molecular weight excluding hydrogens is 190 g/mol. The average Bonchev–Trinajstić information content (AvgIpc) is 2.74. The Hall–Kier alpha value is -1.22. The first-order valence-electron chi connectivity index (χ1n) is 5.33. The number of ether oxygens (including phenoxy) is 2. The van der Waals surface area contributed by atoms with Crippen LogP contribution in [0.15, 0.2) is 18.2 Å². The first-order valence-corrected chi connectivity index (χ1v) is 5.33. The number of hydrogen-bond acceptors (Lipinski definition) is 3. The molecule has 0 bridgehead atoms. The van der Waals surface area contributed by atoms with Gasteiger partial charge in [-0.15, -0.1) is 0 Å². The van der Waals surface area contributed by atoms with E-state index in [1.54, 1.807) is 7.11 Å². The summed E-state index contributed by atoms with van der Waals surface area (Å²) in [7, 11) is 1.67. The predicted molar refractivity (Wildman–Crippen MR) is 60.1 cm³/mol. The van der Waals surface area contributed by atoms with Gasteiger partial charge in [0.25, 0.3) is 0 Å². The van der Waals surface area contributed by atoms with Crippen LogP contribution in [0.5, 0.6) is 5.75 Å². The summed E-state index contributed by atoms with van der Waals surface area (Å²) < 4.78 is 10.8. The van der Waals surface area contributed by atoms with Gasteiger partial charge in [0.05, 0.1) is 13.2 Å². The number of methoxy groups -OCH3 is 1. The highest BCUT2D eigenvalue weighted by atomic mass is 16.5. The highest BCUT2D eigenvalue weighted by molar-refractivity contribution is 5.50. The lowest BCUT2D eigenvalue weighted by molar-refractivity contribution is 0.111. The lowest BCUT2D eigenvalue weighted by atomic mass is 10.0. The van der Waals surface area contributed by atoms with Crippen LogP contribution >= 0.6 is 0 Å². The fourth-order valence-corrected chi connectivity index (χ4v) is 1.94. The van der Waals surface area contributed by atoms with Crippen LogP contribution < -0.4 is 10.5 Å². The maximum atomic E-state index is 5.91. The van der Waals surface area contributed by atoms with E-state index in [9.17, 15) is 0 Å². The third kappa shape index (κ3) is 2.42. The minimum Gasteiger partial charge on any atom is -0.497 e. The van der Waals surface area contributed by atoms with Gasteiger partial charge in [0.15, 0.2) is 0 Å². The Balaban J connectivity index is 2.11. The van der Waals surface area contributed by atoms with Crippen molar-refractivity contribution in [2.75, 3.05) is 19.5 Å². The standard InChI is InChI=1S/C12H17NO2/c1-14-10-4-5-12(13)9(7-10)8-11-3-2-6-15-11/h4-5,7,11H,2-3,6,8,13H2,1H3. The molecule has 3 heteroatoms. The third-order valence-corrected chi connectivity index (χ3v) is 2.82. The van der Waals surface area contributed by atoms with Gasteiger partial charge in [-0.3, -0.25) is 0 Å². The first-order chi connectivity index (χ1) is 7.29. The van der Waals surface area contributed by atoms with Crippen LogP contribution in [-0.2, 0) is 11.2 Å². The van der Waals surface area contributed by atoms with Gasteiger partial charge in [-0.1, -0.05) is 0 Å². The molecule has 1 fully saturated rings. The van der Waals surface area contributed by atoms with E-state index in [4.69, 9.17) is 15.2 Å². The quantitative estimate of drug-likeness (QED) is 0.771. The Morgan fingerprint density at radius 2 is 2.40 bits per heavy atom. The molecule has 1 aliphatic rings. The van der Waals surface area contributed by atoms with Crippen LogP contribution in [-0.4, -0.2) is 19.8 Å². The number of hydrogen-bond donors (Lipinski definition) is 1. The van der Waals surface area contributed by atoms with E-state index in [1.165, 1.54) is 0 Å². The van der Waals surface area contributed by atoms with Gasteiger partial charge in [-0.05, 0) is 36.6 Å². The zero-order chi connectivity index (χ0) is 10.7. The molecule has 1 heterocycles. The van der Waals surface area contributed by atoms with Crippen LogP contribution in [0, 0.1) is 0 Å². The maximum Gasteiger partial charge on any atom is 0.119 e. The van der Waals surface area contributed by atoms with Crippen LogP contribution in [0.4, 0.5) is 5.69 Å². The summed E-state index contributed by atoms with van der Waals surface area (Å²) in [4.78, 5) is 0. The van der Waals surface area contributed by atoms with Crippen LogP contribution in [0.25, 0.3) is 0 Å². The number of nitrogens with two attached hydrogens (primary N) is 1. The van der Waals surface area contributed by atoms with Crippen molar-refractivity contribution in [1.29, 1.82) is 0 Å².